The third kappa shape index (κ3) is 2.39. The van der Waals surface area contributed by atoms with Gasteiger partial charge in [0.1, 0.15) is 6.10 Å². The van der Waals surface area contributed by atoms with E-state index in [1.54, 1.807) is 11.9 Å². The SMILES string of the molecule is CC1CCOC1C(=O)N(C)C(C)CCl. The lowest BCUT2D eigenvalue weighted by molar-refractivity contribution is -0.142. The van der Waals surface area contributed by atoms with Gasteiger partial charge in [-0.25, -0.2) is 0 Å². The fourth-order valence-corrected chi connectivity index (χ4v) is 1.74. The lowest BCUT2D eigenvalue weighted by atomic mass is 10.0. The van der Waals surface area contributed by atoms with Crippen molar-refractivity contribution in [3.05, 3.63) is 0 Å². The molecule has 3 unspecified atom stereocenters. The number of ether oxygens (including phenoxy) is 1. The molecule has 0 saturated carbocycles. The molecule has 1 aliphatic heterocycles. The van der Waals surface area contributed by atoms with Crippen LogP contribution in [0.4, 0.5) is 0 Å². The Morgan fingerprint density at radius 3 is 2.79 bits per heavy atom. The minimum absolute atomic E-state index is 0.0585. The first-order valence-electron chi connectivity index (χ1n) is 5.02. The van der Waals surface area contributed by atoms with Crippen LogP contribution < -0.4 is 0 Å². The van der Waals surface area contributed by atoms with Gasteiger partial charge in [-0.15, -0.1) is 11.6 Å². The molecule has 14 heavy (non-hydrogen) atoms. The average Bonchev–Trinajstić information content (AvgIpc) is 2.61. The monoisotopic (exact) mass is 219 g/mol. The van der Waals surface area contributed by atoms with Crippen molar-refractivity contribution in [2.24, 2.45) is 5.92 Å². The second-order valence-corrected chi connectivity index (χ2v) is 4.32. The summed E-state index contributed by atoms with van der Waals surface area (Å²) in [5.41, 5.74) is 0. The Morgan fingerprint density at radius 1 is 1.71 bits per heavy atom. The summed E-state index contributed by atoms with van der Waals surface area (Å²) in [6, 6.07) is 0.0700. The highest BCUT2D eigenvalue weighted by Gasteiger charge is 2.33. The molecule has 1 heterocycles. The van der Waals surface area contributed by atoms with E-state index in [1.165, 1.54) is 0 Å². The third-order valence-corrected chi connectivity index (χ3v) is 3.31. The number of nitrogens with zero attached hydrogens (tertiary/aromatic N) is 1. The van der Waals surface area contributed by atoms with E-state index in [4.69, 9.17) is 16.3 Å². The van der Waals surface area contributed by atoms with Crippen LogP contribution >= 0.6 is 11.6 Å². The first-order valence-corrected chi connectivity index (χ1v) is 5.55. The molecule has 82 valence electrons. The Bertz CT molecular complexity index is 210. The zero-order valence-corrected chi connectivity index (χ0v) is 9.75. The molecule has 0 N–H and O–H groups in total. The summed E-state index contributed by atoms with van der Waals surface area (Å²) in [6.45, 7) is 4.68. The van der Waals surface area contributed by atoms with Gasteiger partial charge in [0.2, 0.25) is 0 Å². The average molecular weight is 220 g/mol. The van der Waals surface area contributed by atoms with Gasteiger partial charge < -0.3 is 9.64 Å². The number of carbonyl (C=O) groups is 1. The first-order chi connectivity index (χ1) is 6.57. The van der Waals surface area contributed by atoms with Crippen LogP contribution in [0.1, 0.15) is 20.3 Å². The number of hydrogen-bond donors (Lipinski definition) is 0. The molecule has 0 aromatic rings. The molecule has 1 amide bonds. The molecule has 0 bridgehead atoms. The molecule has 1 saturated heterocycles. The van der Waals surface area contributed by atoms with Gasteiger partial charge >= 0.3 is 0 Å². The number of likely N-dealkylation sites (N-methyl/N-ethyl adjacent to an activating group) is 1. The molecule has 4 heteroatoms. The number of rotatable bonds is 3. The molecule has 0 radical (unpaired) electrons. The van der Waals surface area contributed by atoms with E-state index in [0.29, 0.717) is 18.4 Å². The van der Waals surface area contributed by atoms with Crippen molar-refractivity contribution in [2.45, 2.75) is 32.4 Å². The molecule has 0 spiro atoms. The van der Waals surface area contributed by atoms with Crippen molar-refractivity contribution in [3.63, 3.8) is 0 Å². The maximum Gasteiger partial charge on any atom is 0.251 e. The first kappa shape index (κ1) is 11.8. The minimum atomic E-state index is -0.259. The van der Waals surface area contributed by atoms with Crippen molar-refractivity contribution in [1.82, 2.24) is 4.90 Å². The number of alkyl halides is 1. The van der Waals surface area contributed by atoms with E-state index in [9.17, 15) is 4.79 Å². The van der Waals surface area contributed by atoms with Gasteiger partial charge in [-0.3, -0.25) is 4.79 Å². The van der Waals surface area contributed by atoms with Crippen LogP contribution in [-0.2, 0) is 9.53 Å². The fraction of sp³-hybridized carbons (Fsp3) is 0.900. The predicted molar refractivity (Wildman–Crippen MR) is 56.5 cm³/mol. The summed E-state index contributed by atoms with van der Waals surface area (Å²) in [5, 5.41) is 0. The van der Waals surface area contributed by atoms with Crippen molar-refractivity contribution >= 4 is 17.5 Å². The summed E-state index contributed by atoms with van der Waals surface area (Å²) in [6.07, 6.45) is 0.713. The van der Waals surface area contributed by atoms with Gasteiger partial charge in [0, 0.05) is 25.6 Å². The summed E-state index contributed by atoms with van der Waals surface area (Å²) >= 11 is 5.70. The molecule has 0 aromatic carbocycles. The van der Waals surface area contributed by atoms with E-state index >= 15 is 0 Å². The van der Waals surface area contributed by atoms with Crippen LogP contribution in [0.2, 0.25) is 0 Å². The molecule has 1 aliphatic rings. The zero-order valence-electron chi connectivity index (χ0n) is 9.00. The Hall–Kier alpha value is -0.280. The summed E-state index contributed by atoms with van der Waals surface area (Å²) in [5.74, 6) is 0.846. The van der Waals surface area contributed by atoms with E-state index in [2.05, 4.69) is 6.92 Å². The standard InChI is InChI=1S/C10H18ClNO2/c1-7-4-5-14-9(7)10(13)12(3)8(2)6-11/h7-9H,4-6H2,1-3H3. The van der Waals surface area contributed by atoms with Crippen LogP contribution in [0.25, 0.3) is 0 Å². The third-order valence-electron chi connectivity index (χ3n) is 2.86. The quantitative estimate of drug-likeness (QED) is 0.674. The smallest absolute Gasteiger partial charge is 0.251 e. The maximum atomic E-state index is 11.9. The summed E-state index contributed by atoms with van der Waals surface area (Å²) < 4.78 is 5.41. The molecule has 1 fully saturated rings. The maximum absolute atomic E-state index is 11.9. The van der Waals surface area contributed by atoms with Crippen molar-refractivity contribution in [1.29, 1.82) is 0 Å². The van der Waals surface area contributed by atoms with Gasteiger partial charge in [0.05, 0.1) is 0 Å². The fourth-order valence-electron chi connectivity index (χ4n) is 1.53. The van der Waals surface area contributed by atoms with Crippen molar-refractivity contribution in [3.8, 4) is 0 Å². The highest BCUT2D eigenvalue weighted by molar-refractivity contribution is 6.18. The Kier molecular flexibility index (Phi) is 4.20. The molecule has 0 aliphatic carbocycles. The Balaban J connectivity index is 2.55. The zero-order chi connectivity index (χ0) is 10.7. The van der Waals surface area contributed by atoms with Crippen molar-refractivity contribution < 1.29 is 9.53 Å². The normalized spacial score (nSPS) is 28.9. The lowest BCUT2D eigenvalue weighted by Crippen LogP contribution is -2.44. The van der Waals surface area contributed by atoms with Crippen LogP contribution in [-0.4, -0.2) is 42.5 Å². The highest BCUT2D eigenvalue weighted by Crippen LogP contribution is 2.22. The van der Waals surface area contributed by atoms with Crippen LogP contribution in [0.5, 0.6) is 0 Å². The van der Waals surface area contributed by atoms with E-state index < -0.39 is 0 Å². The largest absolute Gasteiger partial charge is 0.368 e. The van der Waals surface area contributed by atoms with Gasteiger partial charge in [-0.1, -0.05) is 6.92 Å². The van der Waals surface area contributed by atoms with E-state index in [1.807, 2.05) is 6.92 Å². The second kappa shape index (κ2) is 4.99. The second-order valence-electron chi connectivity index (χ2n) is 4.01. The molecule has 1 rings (SSSR count). The number of amides is 1. The molecular formula is C10H18ClNO2. The van der Waals surface area contributed by atoms with E-state index in [-0.39, 0.29) is 18.1 Å². The van der Waals surface area contributed by atoms with Crippen LogP contribution in [0.3, 0.4) is 0 Å². The number of hydrogen-bond acceptors (Lipinski definition) is 2. The van der Waals surface area contributed by atoms with Crippen LogP contribution in [0.15, 0.2) is 0 Å². The molecular weight excluding hydrogens is 202 g/mol. The molecule has 0 aromatic heterocycles. The molecule has 3 nitrogen and oxygen atoms in total. The summed E-state index contributed by atoms with van der Waals surface area (Å²) in [4.78, 5) is 13.6. The van der Waals surface area contributed by atoms with Gasteiger partial charge in [-0.2, -0.15) is 0 Å². The van der Waals surface area contributed by atoms with Gasteiger partial charge in [0.25, 0.3) is 5.91 Å². The van der Waals surface area contributed by atoms with Crippen molar-refractivity contribution in [2.75, 3.05) is 19.5 Å². The predicted octanol–water partition coefficient (Wildman–Crippen LogP) is 1.50. The van der Waals surface area contributed by atoms with E-state index in [0.717, 1.165) is 6.42 Å². The number of carbonyl (C=O) groups excluding carboxylic acids is 1. The van der Waals surface area contributed by atoms with Crippen LogP contribution in [0, 0.1) is 5.92 Å². The Morgan fingerprint density at radius 2 is 2.36 bits per heavy atom. The van der Waals surface area contributed by atoms with Gasteiger partial charge in [0.15, 0.2) is 0 Å². The summed E-state index contributed by atoms with van der Waals surface area (Å²) in [7, 11) is 1.78. The Labute approximate surface area is 90.4 Å². The highest BCUT2D eigenvalue weighted by atomic mass is 35.5. The number of halogens is 1. The topological polar surface area (TPSA) is 29.5 Å². The minimum Gasteiger partial charge on any atom is -0.368 e. The van der Waals surface area contributed by atoms with Gasteiger partial charge in [-0.05, 0) is 19.3 Å². The lowest BCUT2D eigenvalue weighted by Gasteiger charge is -2.27. The molecule has 3 atom stereocenters.